The summed E-state index contributed by atoms with van der Waals surface area (Å²) in [4.78, 5) is 15.0. The molecular weight excluding hydrogens is 326 g/mol. The molecule has 128 valence electrons. The van der Waals surface area contributed by atoms with Crippen LogP contribution in [-0.4, -0.2) is 43.9 Å². The largest absolute Gasteiger partial charge is 0.337 e. The highest BCUT2D eigenvalue weighted by Crippen LogP contribution is 2.45. The van der Waals surface area contributed by atoms with Crippen LogP contribution in [0.15, 0.2) is 12.4 Å². The van der Waals surface area contributed by atoms with E-state index in [-0.39, 0.29) is 17.2 Å². The van der Waals surface area contributed by atoms with E-state index in [1.165, 1.54) is 5.56 Å². The molecule has 0 spiro atoms. The number of hydrogen-bond acceptors (Lipinski definition) is 3. The average molecular weight is 348 g/mol. The van der Waals surface area contributed by atoms with Crippen molar-refractivity contribution in [3.05, 3.63) is 34.4 Å². The van der Waals surface area contributed by atoms with E-state index < -0.39 is 0 Å². The van der Waals surface area contributed by atoms with Gasteiger partial charge in [-0.15, -0.1) is 0 Å². The third kappa shape index (κ3) is 2.53. The number of rotatable bonds is 3. The smallest absolute Gasteiger partial charge is 0.258 e. The molecule has 1 aliphatic carbocycles. The van der Waals surface area contributed by atoms with Crippen molar-refractivity contribution in [3.63, 3.8) is 0 Å². The van der Waals surface area contributed by atoms with Gasteiger partial charge >= 0.3 is 0 Å². The molecular formula is C17H22ClN5O. The van der Waals surface area contributed by atoms with Crippen LogP contribution in [-0.2, 0) is 7.05 Å². The van der Waals surface area contributed by atoms with Crippen LogP contribution in [0.25, 0.3) is 0 Å². The third-order valence-electron chi connectivity index (χ3n) is 5.31. The van der Waals surface area contributed by atoms with Gasteiger partial charge in [-0.3, -0.25) is 14.6 Å². The van der Waals surface area contributed by atoms with Crippen LogP contribution in [0.5, 0.6) is 0 Å². The van der Waals surface area contributed by atoms with Gasteiger partial charge in [-0.1, -0.05) is 25.4 Å². The fourth-order valence-corrected chi connectivity index (χ4v) is 4.05. The van der Waals surface area contributed by atoms with Gasteiger partial charge < -0.3 is 4.90 Å². The first kappa shape index (κ1) is 15.7. The van der Waals surface area contributed by atoms with Gasteiger partial charge in [0.05, 0.1) is 17.5 Å². The first-order valence-electron chi connectivity index (χ1n) is 8.38. The summed E-state index contributed by atoms with van der Waals surface area (Å²) < 4.78 is 1.81. The Morgan fingerprint density at radius 3 is 2.79 bits per heavy atom. The lowest BCUT2D eigenvalue weighted by molar-refractivity contribution is 0.0777. The molecule has 0 aromatic carbocycles. The number of aromatic amines is 1. The zero-order chi connectivity index (χ0) is 17.1. The minimum Gasteiger partial charge on any atom is -0.337 e. The van der Waals surface area contributed by atoms with E-state index in [1.807, 2.05) is 29.0 Å². The van der Waals surface area contributed by atoms with Gasteiger partial charge in [-0.05, 0) is 23.8 Å². The molecule has 2 aliphatic rings. The minimum atomic E-state index is -0.00531. The molecule has 6 nitrogen and oxygen atoms in total. The molecule has 1 atom stereocenters. The fraction of sp³-hybridized carbons (Fsp3) is 0.588. The van der Waals surface area contributed by atoms with Crippen molar-refractivity contribution in [3.8, 4) is 0 Å². The Balaban J connectivity index is 1.61. The molecule has 7 heteroatoms. The van der Waals surface area contributed by atoms with Crippen LogP contribution in [0.2, 0.25) is 5.15 Å². The third-order valence-corrected chi connectivity index (χ3v) is 5.58. The van der Waals surface area contributed by atoms with Gasteiger partial charge in [-0.25, -0.2) is 0 Å². The molecule has 1 N–H and O–H groups in total. The van der Waals surface area contributed by atoms with Crippen molar-refractivity contribution < 1.29 is 4.79 Å². The van der Waals surface area contributed by atoms with Crippen LogP contribution in [0.4, 0.5) is 0 Å². The van der Waals surface area contributed by atoms with Gasteiger partial charge in [0.2, 0.25) is 0 Å². The van der Waals surface area contributed by atoms with Gasteiger partial charge in [0.15, 0.2) is 5.15 Å². The number of aryl methyl sites for hydroxylation is 1. The number of carbonyl (C=O) groups is 1. The van der Waals surface area contributed by atoms with E-state index in [0.29, 0.717) is 29.7 Å². The number of H-pyrrole nitrogens is 1. The summed E-state index contributed by atoms with van der Waals surface area (Å²) in [6.45, 7) is 5.80. The Morgan fingerprint density at radius 2 is 2.17 bits per heavy atom. The predicted molar refractivity (Wildman–Crippen MR) is 91.2 cm³/mol. The first-order chi connectivity index (χ1) is 11.4. The Kier molecular flexibility index (Phi) is 3.49. The van der Waals surface area contributed by atoms with E-state index in [4.69, 9.17) is 11.6 Å². The molecule has 1 saturated heterocycles. The number of aromatic nitrogens is 4. The second-order valence-electron chi connectivity index (χ2n) is 7.75. The molecule has 1 unspecified atom stereocenters. The lowest BCUT2D eigenvalue weighted by atomic mass is 9.79. The molecule has 1 aliphatic heterocycles. The van der Waals surface area contributed by atoms with Crippen molar-refractivity contribution in [1.29, 1.82) is 0 Å². The highest BCUT2D eigenvalue weighted by molar-refractivity contribution is 6.32. The van der Waals surface area contributed by atoms with Gasteiger partial charge in [0.1, 0.15) is 0 Å². The maximum Gasteiger partial charge on any atom is 0.258 e. The molecule has 4 rings (SSSR count). The second kappa shape index (κ2) is 5.34. The Hall–Kier alpha value is -1.82. The zero-order valence-corrected chi connectivity index (χ0v) is 15.0. The summed E-state index contributed by atoms with van der Waals surface area (Å²) in [5.41, 5.74) is 2.65. The van der Waals surface area contributed by atoms with Crippen LogP contribution in [0.1, 0.15) is 60.1 Å². The highest BCUT2D eigenvalue weighted by atomic mass is 35.5. The predicted octanol–water partition coefficient (Wildman–Crippen LogP) is 2.94. The molecule has 0 bridgehead atoms. The molecule has 2 aromatic heterocycles. The van der Waals surface area contributed by atoms with Crippen LogP contribution in [0, 0.1) is 5.41 Å². The zero-order valence-electron chi connectivity index (χ0n) is 14.2. The quantitative estimate of drug-likeness (QED) is 0.928. The van der Waals surface area contributed by atoms with Crippen molar-refractivity contribution in [2.75, 3.05) is 13.1 Å². The fourth-order valence-electron chi connectivity index (χ4n) is 3.83. The summed E-state index contributed by atoms with van der Waals surface area (Å²) in [7, 11) is 1.92. The molecule has 1 amide bonds. The van der Waals surface area contributed by atoms with E-state index in [0.717, 1.165) is 18.5 Å². The summed E-state index contributed by atoms with van der Waals surface area (Å²) in [5.74, 6) is 0.675. The van der Waals surface area contributed by atoms with Crippen molar-refractivity contribution in [2.45, 2.75) is 38.5 Å². The minimum absolute atomic E-state index is 0.00452. The SMILES string of the molecule is Cn1cc(C2CN(C(=O)c3c(Cl)n[nH]c3C3CC3)CC2(C)C)cn1. The lowest BCUT2D eigenvalue weighted by Crippen LogP contribution is -2.30. The van der Waals surface area contributed by atoms with E-state index in [2.05, 4.69) is 29.1 Å². The molecule has 24 heavy (non-hydrogen) atoms. The van der Waals surface area contributed by atoms with Crippen molar-refractivity contribution >= 4 is 17.5 Å². The maximum absolute atomic E-state index is 13.1. The monoisotopic (exact) mass is 347 g/mol. The number of likely N-dealkylation sites (tertiary alicyclic amines) is 1. The Bertz CT molecular complexity index is 789. The normalized spacial score (nSPS) is 23.0. The first-order valence-corrected chi connectivity index (χ1v) is 8.76. The highest BCUT2D eigenvalue weighted by Gasteiger charge is 2.44. The summed E-state index contributed by atoms with van der Waals surface area (Å²) >= 11 is 6.21. The van der Waals surface area contributed by atoms with Crippen LogP contribution >= 0.6 is 11.6 Å². The topological polar surface area (TPSA) is 66.8 Å². The van der Waals surface area contributed by atoms with E-state index in [9.17, 15) is 4.79 Å². The summed E-state index contributed by atoms with van der Waals surface area (Å²) in [6.07, 6.45) is 6.15. The van der Waals surface area contributed by atoms with E-state index >= 15 is 0 Å². The van der Waals surface area contributed by atoms with Gasteiger partial charge in [0.25, 0.3) is 5.91 Å². The van der Waals surface area contributed by atoms with Crippen LogP contribution in [0.3, 0.4) is 0 Å². The maximum atomic E-state index is 13.1. The average Bonchev–Trinajstić information content (AvgIpc) is 3.03. The molecule has 0 radical (unpaired) electrons. The van der Waals surface area contributed by atoms with Crippen molar-refractivity contribution in [2.24, 2.45) is 12.5 Å². The number of halogens is 1. The van der Waals surface area contributed by atoms with Crippen LogP contribution < -0.4 is 0 Å². The summed E-state index contributed by atoms with van der Waals surface area (Å²) in [6, 6.07) is 0. The second-order valence-corrected chi connectivity index (χ2v) is 8.11. The van der Waals surface area contributed by atoms with Gasteiger partial charge in [-0.2, -0.15) is 10.2 Å². The Labute approximate surface area is 146 Å². The number of amides is 1. The van der Waals surface area contributed by atoms with Gasteiger partial charge in [0, 0.05) is 38.2 Å². The molecule has 2 aromatic rings. The molecule has 2 fully saturated rings. The number of nitrogens with zero attached hydrogens (tertiary/aromatic N) is 4. The summed E-state index contributed by atoms with van der Waals surface area (Å²) in [5, 5.41) is 11.6. The lowest BCUT2D eigenvalue weighted by Gasteiger charge is -2.24. The molecule has 1 saturated carbocycles. The number of nitrogens with one attached hydrogen (secondary N) is 1. The standard InChI is InChI=1S/C17H22ClN5O/c1-17(2)9-23(8-12(17)11-6-19-22(3)7-11)16(24)13-14(10-4-5-10)20-21-15(13)18/h6-7,10,12H,4-5,8-9H2,1-3H3,(H,20,21). The Morgan fingerprint density at radius 1 is 1.42 bits per heavy atom. The van der Waals surface area contributed by atoms with E-state index in [1.54, 1.807) is 0 Å². The number of hydrogen-bond donors (Lipinski definition) is 1. The molecule has 3 heterocycles. The van der Waals surface area contributed by atoms with Crippen molar-refractivity contribution in [1.82, 2.24) is 24.9 Å². The number of carbonyl (C=O) groups excluding carboxylic acids is 1.